The predicted molar refractivity (Wildman–Crippen MR) is 163 cm³/mol. The summed E-state index contributed by atoms with van der Waals surface area (Å²) in [6, 6.07) is 47.7. The standard InChI is InChI=1S/C36H22OS/c1-3-11-23(12-4-1)25-19-26(24-13-5-2-6-14-24)21-27(20-25)30-22-31-28-15-7-9-17-32(28)37-35(31)34-29-16-8-10-18-33(29)38-36(30)34/h1-22H. The van der Waals surface area contributed by atoms with E-state index in [9.17, 15) is 0 Å². The summed E-state index contributed by atoms with van der Waals surface area (Å²) in [5, 5.41) is 4.78. The molecule has 6 aromatic carbocycles. The van der Waals surface area contributed by atoms with Crippen molar-refractivity contribution in [3.63, 3.8) is 0 Å². The van der Waals surface area contributed by atoms with Crippen molar-refractivity contribution in [3.8, 4) is 33.4 Å². The van der Waals surface area contributed by atoms with Crippen LogP contribution in [-0.4, -0.2) is 0 Å². The molecule has 0 aliphatic rings. The summed E-state index contributed by atoms with van der Waals surface area (Å²) in [5.41, 5.74) is 9.23. The number of hydrogen-bond donors (Lipinski definition) is 0. The van der Waals surface area contributed by atoms with Crippen molar-refractivity contribution in [3.05, 3.63) is 133 Å². The minimum Gasteiger partial charge on any atom is -0.455 e. The van der Waals surface area contributed by atoms with Crippen LogP contribution in [-0.2, 0) is 0 Å². The zero-order valence-electron chi connectivity index (χ0n) is 20.5. The summed E-state index contributed by atoms with van der Waals surface area (Å²) in [7, 11) is 0. The van der Waals surface area contributed by atoms with Crippen molar-refractivity contribution in [2.45, 2.75) is 0 Å². The molecule has 2 heterocycles. The molecule has 0 amide bonds. The van der Waals surface area contributed by atoms with Gasteiger partial charge < -0.3 is 4.42 Å². The highest BCUT2D eigenvalue weighted by atomic mass is 32.1. The van der Waals surface area contributed by atoms with E-state index in [0.717, 1.165) is 21.9 Å². The van der Waals surface area contributed by atoms with Crippen LogP contribution in [0.15, 0.2) is 138 Å². The van der Waals surface area contributed by atoms with E-state index in [0.29, 0.717) is 0 Å². The van der Waals surface area contributed by atoms with Gasteiger partial charge in [-0.1, -0.05) is 97.1 Å². The topological polar surface area (TPSA) is 13.1 Å². The van der Waals surface area contributed by atoms with E-state index in [1.165, 1.54) is 53.6 Å². The van der Waals surface area contributed by atoms with E-state index >= 15 is 0 Å². The maximum absolute atomic E-state index is 6.52. The number of benzene rings is 6. The quantitative estimate of drug-likeness (QED) is 0.234. The first-order valence-electron chi connectivity index (χ1n) is 12.9. The lowest BCUT2D eigenvalue weighted by atomic mass is 9.92. The molecule has 1 nitrogen and oxygen atoms in total. The molecule has 0 spiro atoms. The Kier molecular flexibility index (Phi) is 4.76. The summed E-state index contributed by atoms with van der Waals surface area (Å²) < 4.78 is 9.06. The predicted octanol–water partition coefficient (Wildman–Crippen LogP) is 11.0. The zero-order valence-corrected chi connectivity index (χ0v) is 21.3. The lowest BCUT2D eigenvalue weighted by Gasteiger charge is -2.12. The van der Waals surface area contributed by atoms with Crippen molar-refractivity contribution >= 4 is 53.4 Å². The smallest absolute Gasteiger partial charge is 0.144 e. The van der Waals surface area contributed by atoms with Crippen LogP contribution in [0, 0.1) is 0 Å². The maximum Gasteiger partial charge on any atom is 0.144 e. The van der Waals surface area contributed by atoms with Gasteiger partial charge in [0.15, 0.2) is 0 Å². The first kappa shape index (κ1) is 21.4. The second-order valence-electron chi connectivity index (χ2n) is 9.73. The molecule has 0 atom stereocenters. The van der Waals surface area contributed by atoms with Gasteiger partial charge in [0.1, 0.15) is 11.2 Å². The Bertz CT molecular complexity index is 2060. The highest BCUT2D eigenvalue weighted by molar-refractivity contribution is 7.26. The lowest BCUT2D eigenvalue weighted by Crippen LogP contribution is -1.87. The van der Waals surface area contributed by atoms with Crippen molar-refractivity contribution in [1.29, 1.82) is 0 Å². The molecule has 0 bridgehead atoms. The molecule has 178 valence electrons. The molecule has 0 aliphatic carbocycles. The number of para-hydroxylation sites is 1. The summed E-state index contributed by atoms with van der Waals surface area (Å²) in [6.07, 6.45) is 0. The molecule has 8 rings (SSSR count). The first-order chi connectivity index (χ1) is 18.8. The third-order valence-electron chi connectivity index (χ3n) is 7.45. The van der Waals surface area contributed by atoms with Crippen LogP contribution in [0.5, 0.6) is 0 Å². The fourth-order valence-electron chi connectivity index (χ4n) is 5.66. The van der Waals surface area contributed by atoms with Gasteiger partial charge in [-0.05, 0) is 64.2 Å². The Balaban J connectivity index is 1.51. The van der Waals surface area contributed by atoms with Crippen LogP contribution in [0.3, 0.4) is 0 Å². The van der Waals surface area contributed by atoms with Crippen LogP contribution < -0.4 is 0 Å². The summed E-state index contributed by atoms with van der Waals surface area (Å²) >= 11 is 1.85. The minimum absolute atomic E-state index is 0.930. The Hall–Kier alpha value is -4.66. The minimum atomic E-state index is 0.930. The van der Waals surface area contributed by atoms with Crippen molar-refractivity contribution in [2.75, 3.05) is 0 Å². The molecular formula is C36H22OS. The molecule has 0 fully saturated rings. The fraction of sp³-hybridized carbons (Fsp3) is 0. The number of fused-ring (bicyclic) bond motifs is 7. The summed E-state index contributed by atoms with van der Waals surface area (Å²) in [5.74, 6) is 0. The molecule has 8 aromatic rings. The molecule has 0 unspecified atom stereocenters. The fourth-order valence-corrected chi connectivity index (χ4v) is 6.89. The third kappa shape index (κ3) is 3.31. The van der Waals surface area contributed by atoms with E-state index in [2.05, 4.69) is 127 Å². The summed E-state index contributed by atoms with van der Waals surface area (Å²) in [6.45, 7) is 0. The van der Waals surface area contributed by atoms with Gasteiger partial charge in [0.25, 0.3) is 0 Å². The van der Waals surface area contributed by atoms with Crippen LogP contribution in [0.1, 0.15) is 0 Å². The van der Waals surface area contributed by atoms with E-state index in [4.69, 9.17) is 4.42 Å². The van der Waals surface area contributed by atoms with Gasteiger partial charge in [-0.15, -0.1) is 11.3 Å². The number of thiophene rings is 1. The van der Waals surface area contributed by atoms with E-state index in [1.54, 1.807) is 0 Å². The molecule has 0 radical (unpaired) electrons. The summed E-state index contributed by atoms with van der Waals surface area (Å²) in [4.78, 5) is 0. The highest BCUT2D eigenvalue weighted by Gasteiger charge is 2.20. The third-order valence-corrected chi connectivity index (χ3v) is 8.65. The highest BCUT2D eigenvalue weighted by Crippen LogP contribution is 2.47. The lowest BCUT2D eigenvalue weighted by molar-refractivity contribution is 0.673. The second kappa shape index (κ2) is 8.44. The van der Waals surface area contributed by atoms with Gasteiger partial charge in [-0.2, -0.15) is 0 Å². The van der Waals surface area contributed by atoms with E-state index < -0.39 is 0 Å². The number of furan rings is 1. The molecule has 2 heteroatoms. The van der Waals surface area contributed by atoms with Crippen LogP contribution in [0.4, 0.5) is 0 Å². The largest absolute Gasteiger partial charge is 0.455 e. The van der Waals surface area contributed by atoms with Crippen LogP contribution >= 0.6 is 11.3 Å². The molecule has 38 heavy (non-hydrogen) atoms. The molecule has 0 saturated heterocycles. The van der Waals surface area contributed by atoms with Gasteiger partial charge in [0.2, 0.25) is 0 Å². The molecule has 0 saturated carbocycles. The van der Waals surface area contributed by atoms with Gasteiger partial charge in [-0.25, -0.2) is 0 Å². The maximum atomic E-state index is 6.52. The normalized spacial score (nSPS) is 11.7. The van der Waals surface area contributed by atoms with Gasteiger partial charge in [0, 0.05) is 36.5 Å². The van der Waals surface area contributed by atoms with Crippen LogP contribution in [0.25, 0.3) is 75.5 Å². The monoisotopic (exact) mass is 502 g/mol. The zero-order chi connectivity index (χ0) is 25.1. The number of hydrogen-bond acceptors (Lipinski definition) is 2. The van der Waals surface area contributed by atoms with Crippen molar-refractivity contribution < 1.29 is 4.42 Å². The van der Waals surface area contributed by atoms with E-state index in [-0.39, 0.29) is 0 Å². The molecule has 2 aromatic heterocycles. The second-order valence-corrected chi connectivity index (χ2v) is 10.8. The van der Waals surface area contributed by atoms with E-state index in [1.807, 2.05) is 17.4 Å². The van der Waals surface area contributed by atoms with Gasteiger partial charge >= 0.3 is 0 Å². The van der Waals surface area contributed by atoms with Crippen LogP contribution in [0.2, 0.25) is 0 Å². The van der Waals surface area contributed by atoms with Crippen molar-refractivity contribution in [1.82, 2.24) is 0 Å². The SMILES string of the molecule is c1ccc(-c2cc(-c3ccccc3)cc(-c3cc4c5ccccc5oc4c4c3sc3ccccc34)c2)cc1. The molecule has 0 aliphatic heterocycles. The average molecular weight is 503 g/mol. The molecular weight excluding hydrogens is 480 g/mol. The first-order valence-corrected chi connectivity index (χ1v) is 13.7. The van der Waals surface area contributed by atoms with Gasteiger partial charge in [0.05, 0.1) is 0 Å². The Morgan fingerprint density at radius 3 is 1.74 bits per heavy atom. The van der Waals surface area contributed by atoms with Gasteiger partial charge in [-0.3, -0.25) is 0 Å². The average Bonchev–Trinajstić information content (AvgIpc) is 3.56. The Morgan fingerprint density at radius 2 is 1.03 bits per heavy atom. The number of rotatable bonds is 3. The van der Waals surface area contributed by atoms with Crippen molar-refractivity contribution in [2.24, 2.45) is 0 Å². The Labute approximate surface area is 224 Å². The Morgan fingerprint density at radius 1 is 0.447 bits per heavy atom. The molecule has 0 N–H and O–H groups in total.